The molecular formula is C38H46N8O6S2. The van der Waals surface area contributed by atoms with Gasteiger partial charge in [-0.3, -0.25) is 9.59 Å². The number of rotatable bonds is 8. The van der Waals surface area contributed by atoms with Gasteiger partial charge >= 0.3 is 12.2 Å². The maximum Gasteiger partial charge on any atom is 0.407 e. The number of hydrogen-bond donors (Lipinski definition) is 4. The normalized spacial score (nSPS) is 20.8. The SMILES string of the molecule is COC(=O)NC(C(=O)N1C[C@@H](C)CC1c1nc2sc(C#CC#Cc3cc4[nH]c(C5C[C@H](C)CN5C(=O)[C@@H](NC(=O)OC)C(C)C)nc4s3)cc2[nH]1)C(C)C. The fourth-order valence-corrected chi connectivity index (χ4v) is 8.84. The van der Waals surface area contributed by atoms with Crippen LogP contribution in [0, 0.1) is 47.4 Å². The highest BCUT2D eigenvalue weighted by Crippen LogP contribution is 2.38. The smallest absolute Gasteiger partial charge is 0.407 e. The van der Waals surface area contributed by atoms with Crippen LogP contribution in [0.15, 0.2) is 12.1 Å². The largest absolute Gasteiger partial charge is 0.453 e. The Balaban J connectivity index is 1.12. The first-order valence-corrected chi connectivity index (χ1v) is 19.7. The molecule has 3 unspecified atom stereocenters. The van der Waals surface area contributed by atoms with E-state index in [1.165, 1.54) is 36.9 Å². The van der Waals surface area contributed by atoms with Crippen molar-refractivity contribution >= 4 is 67.4 Å². The highest BCUT2D eigenvalue weighted by atomic mass is 32.1. The number of aromatic amines is 2. The van der Waals surface area contributed by atoms with Gasteiger partial charge in [-0.05, 0) is 72.3 Å². The summed E-state index contributed by atoms with van der Waals surface area (Å²) in [6.45, 7) is 12.9. The number of ether oxygens (including phenoxy) is 2. The van der Waals surface area contributed by atoms with Gasteiger partial charge in [0.2, 0.25) is 11.8 Å². The Morgan fingerprint density at radius 2 is 1.13 bits per heavy atom. The van der Waals surface area contributed by atoms with Crippen LogP contribution in [0.2, 0.25) is 0 Å². The summed E-state index contributed by atoms with van der Waals surface area (Å²) in [5, 5.41) is 5.39. The number of methoxy groups -OCH3 is 2. The van der Waals surface area contributed by atoms with Gasteiger partial charge in [-0.25, -0.2) is 19.6 Å². The molecule has 54 heavy (non-hydrogen) atoms. The van der Waals surface area contributed by atoms with E-state index in [1.807, 2.05) is 49.6 Å². The highest BCUT2D eigenvalue weighted by molar-refractivity contribution is 7.19. The minimum Gasteiger partial charge on any atom is -0.453 e. The first-order chi connectivity index (χ1) is 25.8. The molecule has 2 aliphatic rings. The molecule has 2 aliphatic heterocycles. The molecule has 16 heteroatoms. The molecule has 0 bridgehead atoms. The Bertz CT molecular complexity index is 1960. The van der Waals surface area contributed by atoms with Gasteiger partial charge in [0.1, 0.15) is 33.4 Å². The summed E-state index contributed by atoms with van der Waals surface area (Å²) in [5.74, 6) is 13.6. The number of aromatic nitrogens is 4. The van der Waals surface area contributed by atoms with E-state index in [1.54, 1.807) is 0 Å². The number of imidazole rings is 2. The number of alkyl carbamates (subject to hydrolysis) is 2. The van der Waals surface area contributed by atoms with Gasteiger partial charge in [0.05, 0.1) is 47.1 Å². The quantitative estimate of drug-likeness (QED) is 0.169. The van der Waals surface area contributed by atoms with E-state index in [0.29, 0.717) is 13.1 Å². The van der Waals surface area contributed by atoms with Crippen LogP contribution in [-0.2, 0) is 19.1 Å². The molecule has 2 saturated heterocycles. The Kier molecular flexibility index (Phi) is 11.5. The fourth-order valence-electron chi connectivity index (χ4n) is 7.14. The monoisotopic (exact) mass is 774 g/mol. The van der Waals surface area contributed by atoms with E-state index in [2.05, 4.69) is 58.1 Å². The summed E-state index contributed by atoms with van der Waals surface area (Å²) < 4.78 is 9.51. The lowest BCUT2D eigenvalue weighted by Crippen LogP contribution is -2.51. The van der Waals surface area contributed by atoms with Crippen molar-refractivity contribution in [1.82, 2.24) is 40.4 Å². The van der Waals surface area contributed by atoms with Crippen LogP contribution in [0.25, 0.3) is 20.7 Å². The second-order valence-corrected chi connectivity index (χ2v) is 16.9. The maximum atomic E-state index is 13.6. The molecule has 0 radical (unpaired) electrons. The third-order valence-electron chi connectivity index (χ3n) is 9.83. The summed E-state index contributed by atoms with van der Waals surface area (Å²) in [6.07, 6.45) is 0.261. The number of nitrogens with one attached hydrogen (secondary N) is 4. The van der Waals surface area contributed by atoms with Crippen molar-refractivity contribution in [3.8, 4) is 23.7 Å². The summed E-state index contributed by atoms with van der Waals surface area (Å²) in [5.41, 5.74) is 1.69. The van der Waals surface area contributed by atoms with Crippen molar-refractivity contribution in [3.63, 3.8) is 0 Å². The summed E-state index contributed by atoms with van der Waals surface area (Å²) in [6, 6.07) is 2.02. The van der Waals surface area contributed by atoms with Crippen molar-refractivity contribution < 1.29 is 28.7 Å². The Labute approximate surface area is 322 Å². The van der Waals surface area contributed by atoms with Crippen LogP contribution < -0.4 is 10.6 Å². The summed E-state index contributed by atoms with van der Waals surface area (Å²) in [7, 11) is 2.57. The van der Waals surface area contributed by atoms with Crippen molar-refractivity contribution in [3.05, 3.63) is 33.5 Å². The van der Waals surface area contributed by atoms with Crippen LogP contribution in [-0.4, -0.2) is 93.1 Å². The standard InChI is InChI=1S/C38H46N8O6S2/c1-19(2)29(41-37(49)51-7)35(47)45-17-21(5)13-27(45)31-39-25-15-23(53-33(25)43-31)11-9-10-12-24-16-26-34(54-24)44-32(40-26)28-14-22(6)18-46(28)36(48)30(20(3)4)42-38(50)52-8/h15-16,19-22,27-30H,13-14,17-18H2,1-8H3,(H,39,43)(H,40,44)(H,41,49)(H,42,50)/t21-,22-,27?,28?,29-,30?/m0/s1. The van der Waals surface area contributed by atoms with Crippen LogP contribution in [0.5, 0.6) is 0 Å². The van der Waals surface area contributed by atoms with E-state index < -0.39 is 24.3 Å². The summed E-state index contributed by atoms with van der Waals surface area (Å²) >= 11 is 2.91. The molecule has 4 aromatic heterocycles. The third kappa shape index (κ3) is 8.20. The van der Waals surface area contributed by atoms with E-state index >= 15 is 0 Å². The van der Waals surface area contributed by atoms with Crippen molar-refractivity contribution in [2.75, 3.05) is 27.3 Å². The van der Waals surface area contributed by atoms with Crippen molar-refractivity contribution in [2.45, 2.75) is 78.6 Å². The van der Waals surface area contributed by atoms with E-state index in [0.717, 1.165) is 54.9 Å². The number of nitrogens with zero attached hydrogens (tertiary/aromatic N) is 4. The van der Waals surface area contributed by atoms with Gasteiger partial charge in [0, 0.05) is 13.1 Å². The second-order valence-electron chi connectivity index (χ2n) is 14.8. The number of amides is 4. The molecule has 4 amide bonds. The number of fused-ring (bicyclic) bond motifs is 2. The molecule has 4 aromatic rings. The average molecular weight is 775 g/mol. The van der Waals surface area contributed by atoms with Gasteiger partial charge in [-0.2, -0.15) is 0 Å². The lowest BCUT2D eigenvalue weighted by molar-refractivity contribution is -0.136. The zero-order chi connectivity index (χ0) is 38.8. The average Bonchev–Trinajstić information content (AvgIpc) is 3.97. The molecule has 0 saturated carbocycles. The van der Waals surface area contributed by atoms with Crippen molar-refractivity contribution in [1.29, 1.82) is 0 Å². The number of carbonyl (C=O) groups excluding carboxylic acids is 4. The number of likely N-dealkylation sites (tertiary alicyclic amines) is 2. The van der Waals surface area contributed by atoms with Gasteiger partial charge < -0.3 is 39.9 Å². The van der Waals surface area contributed by atoms with Crippen molar-refractivity contribution in [2.24, 2.45) is 23.7 Å². The maximum absolute atomic E-state index is 13.6. The number of thiophene rings is 2. The number of hydrogen-bond acceptors (Lipinski definition) is 10. The molecular weight excluding hydrogens is 729 g/mol. The molecule has 6 rings (SSSR count). The van der Waals surface area contributed by atoms with Gasteiger partial charge in [0.25, 0.3) is 0 Å². The lowest BCUT2D eigenvalue weighted by Gasteiger charge is -2.30. The lowest BCUT2D eigenvalue weighted by atomic mass is 10.0. The van der Waals surface area contributed by atoms with E-state index in [9.17, 15) is 19.2 Å². The molecule has 0 aromatic carbocycles. The molecule has 6 atom stereocenters. The minimum absolute atomic E-state index is 0.116. The molecule has 4 N–H and O–H groups in total. The van der Waals surface area contributed by atoms with Gasteiger partial charge in [-0.15, -0.1) is 22.7 Å². The predicted octanol–water partition coefficient (Wildman–Crippen LogP) is 5.55. The van der Waals surface area contributed by atoms with Crippen LogP contribution in [0.4, 0.5) is 9.59 Å². The minimum atomic E-state index is -0.702. The van der Waals surface area contributed by atoms with E-state index in [-0.39, 0.29) is 47.6 Å². The first-order valence-electron chi connectivity index (χ1n) is 18.1. The summed E-state index contributed by atoms with van der Waals surface area (Å²) in [4.78, 5) is 74.5. The highest BCUT2D eigenvalue weighted by Gasteiger charge is 2.41. The zero-order valence-electron chi connectivity index (χ0n) is 31.7. The van der Waals surface area contributed by atoms with Crippen LogP contribution >= 0.6 is 22.7 Å². The zero-order valence-corrected chi connectivity index (χ0v) is 33.3. The first kappa shape index (κ1) is 38.7. The Hall–Kier alpha value is -5.06. The Morgan fingerprint density at radius 1 is 0.741 bits per heavy atom. The molecule has 6 heterocycles. The molecule has 14 nitrogen and oxygen atoms in total. The number of H-pyrrole nitrogens is 2. The molecule has 0 aliphatic carbocycles. The number of carbonyl (C=O) groups is 4. The predicted molar refractivity (Wildman–Crippen MR) is 207 cm³/mol. The second kappa shape index (κ2) is 16.1. The molecule has 0 spiro atoms. The van der Waals surface area contributed by atoms with E-state index in [4.69, 9.17) is 19.4 Å². The van der Waals surface area contributed by atoms with Crippen LogP contribution in [0.1, 0.15) is 87.9 Å². The van der Waals surface area contributed by atoms with Crippen LogP contribution in [0.3, 0.4) is 0 Å². The topological polar surface area (TPSA) is 175 Å². The fraction of sp³-hybridized carbons (Fsp3) is 0.526. The van der Waals surface area contributed by atoms with Gasteiger partial charge in [0.15, 0.2) is 0 Å². The molecule has 286 valence electrons. The third-order valence-corrected chi connectivity index (χ3v) is 11.7. The molecule has 2 fully saturated rings. The van der Waals surface area contributed by atoms with Gasteiger partial charge in [-0.1, -0.05) is 41.5 Å². The Morgan fingerprint density at radius 3 is 1.46 bits per heavy atom.